The van der Waals surface area contributed by atoms with Gasteiger partial charge >= 0.3 is 0 Å². The van der Waals surface area contributed by atoms with Gasteiger partial charge in [0.2, 0.25) is 5.91 Å². The number of rotatable bonds is 11. The summed E-state index contributed by atoms with van der Waals surface area (Å²) < 4.78 is 10.2. The molecule has 2 N–H and O–H groups in total. The number of carbonyl (C=O) groups is 1. The van der Waals surface area contributed by atoms with E-state index in [1.807, 2.05) is 12.1 Å². The standard InChI is InChI=1S/C17H28N2O4/c1-14(20)18-16-6-4-15(5-7-16)17(21)8-9-19(10-12-22-2)11-13-23-3/h4-7,17,21H,8-13H2,1-3H3,(H,18,20). The number of ether oxygens (including phenoxy) is 2. The average molecular weight is 324 g/mol. The number of methoxy groups -OCH3 is 2. The van der Waals surface area contributed by atoms with Gasteiger partial charge in [-0.2, -0.15) is 0 Å². The predicted octanol–water partition coefficient (Wildman–Crippen LogP) is 1.66. The molecule has 6 heteroatoms. The number of nitrogens with zero attached hydrogens (tertiary/aromatic N) is 1. The van der Waals surface area contributed by atoms with Crippen molar-refractivity contribution in [1.82, 2.24) is 4.90 Å². The van der Waals surface area contributed by atoms with Gasteiger partial charge in [0.05, 0.1) is 19.3 Å². The fourth-order valence-corrected chi connectivity index (χ4v) is 2.24. The summed E-state index contributed by atoms with van der Waals surface area (Å²) in [4.78, 5) is 13.2. The highest BCUT2D eigenvalue weighted by atomic mass is 16.5. The molecule has 1 aromatic carbocycles. The first-order valence-electron chi connectivity index (χ1n) is 7.82. The summed E-state index contributed by atoms with van der Waals surface area (Å²) in [7, 11) is 3.36. The van der Waals surface area contributed by atoms with Crippen LogP contribution in [0.5, 0.6) is 0 Å². The SMILES string of the molecule is COCCN(CCOC)CCC(O)c1ccc(NC(C)=O)cc1. The van der Waals surface area contributed by atoms with E-state index in [1.54, 1.807) is 26.4 Å². The summed E-state index contributed by atoms with van der Waals surface area (Å²) in [6, 6.07) is 7.27. The third kappa shape index (κ3) is 8.08. The molecule has 0 saturated heterocycles. The fourth-order valence-electron chi connectivity index (χ4n) is 2.24. The summed E-state index contributed by atoms with van der Waals surface area (Å²) in [6.45, 7) is 5.18. The third-order valence-corrected chi connectivity index (χ3v) is 3.56. The molecular formula is C17H28N2O4. The van der Waals surface area contributed by atoms with E-state index in [9.17, 15) is 9.90 Å². The predicted molar refractivity (Wildman–Crippen MR) is 90.5 cm³/mol. The summed E-state index contributed by atoms with van der Waals surface area (Å²) in [5.74, 6) is -0.106. The zero-order valence-corrected chi connectivity index (χ0v) is 14.2. The number of aliphatic hydroxyl groups is 1. The maximum absolute atomic E-state index is 11.0. The van der Waals surface area contributed by atoms with Gasteiger partial charge in [0.1, 0.15) is 0 Å². The Hall–Kier alpha value is -1.47. The van der Waals surface area contributed by atoms with Crippen molar-refractivity contribution in [1.29, 1.82) is 0 Å². The minimum Gasteiger partial charge on any atom is -0.388 e. The monoisotopic (exact) mass is 324 g/mol. The lowest BCUT2D eigenvalue weighted by atomic mass is 10.1. The van der Waals surface area contributed by atoms with Crippen molar-refractivity contribution in [2.24, 2.45) is 0 Å². The van der Waals surface area contributed by atoms with Crippen LogP contribution < -0.4 is 5.32 Å². The Kier molecular flexibility index (Phi) is 9.47. The molecule has 0 aromatic heterocycles. The van der Waals surface area contributed by atoms with E-state index >= 15 is 0 Å². The van der Waals surface area contributed by atoms with Crippen LogP contribution in [0.1, 0.15) is 25.0 Å². The zero-order chi connectivity index (χ0) is 17.1. The van der Waals surface area contributed by atoms with Crippen LogP contribution in [0.25, 0.3) is 0 Å². The largest absolute Gasteiger partial charge is 0.388 e. The third-order valence-electron chi connectivity index (χ3n) is 3.56. The second-order valence-corrected chi connectivity index (χ2v) is 5.43. The summed E-state index contributed by atoms with van der Waals surface area (Å²) in [5, 5.41) is 13.0. The Bertz CT molecular complexity index is 442. The summed E-state index contributed by atoms with van der Waals surface area (Å²) in [6.07, 6.45) is 0.0985. The molecule has 0 bridgehead atoms. The lowest BCUT2D eigenvalue weighted by molar-refractivity contribution is -0.114. The molecule has 0 heterocycles. The molecule has 0 radical (unpaired) electrons. The maximum Gasteiger partial charge on any atom is 0.221 e. The lowest BCUT2D eigenvalue weighted by Crippen LogP contribution is -2.32. The molecule has 6 nitrogen and oxygen atoms in total. The molecule has 0 aliphatic carbocycles. The van der Waals surface area contributed by atoms with Gasteiger partial charge in [-0.3, -0.25) is 9.69 Å². The Morgan fingerprint density at radius 1 is 1.13 bits per heavy atom. The first-order chi connectivity index (χ1) is 11.1. The van der Waals surface area contributed by atoms with E-state index in [2.05, 4.69) is 10.2 Å². The topological polar surface area (TPSA) is 71.0 Å². The highest BCUT2D eigenvalue weighted by Crippen LogP contribution is 2.19. The highest BCUT2D eigenvalue weighted by Gasteiger charge is 2.11. The van der Waals surface area contributed by atoms with Gasteiger partial charge in [0, 0.05) is 46.5 Å². The van der Waals surface area contributed by atoms with Crippen LogP contribution in [0.2, 0.25) is 0 Å². The zero-order valence-electron chi connectivity index (χ0n) is 14.2. The van der Waals surface area contributed by atoms with E-state index in [-0.39, 0.29) is 5.91 Å². The van der Waals surface area contributed by atoms with Gasteiger partial charge in [-0.05, 0) is 24.1 Å². The molecule has 0 fully saturated rings. The second kappa shape index (κ2) is 11.1. The molecule has 23 heavy (non-hydrogen) atoms. The van der Waals surface area contributed by atoms with Crippen molar-refractivity contribution in [3.63, 3.8) is 0 Å². The number of aliphatic hydroxyl groups excluding tert-OH is 1. The first kappa shape index (κ1) is 19.6. The van der Waals surface area contributed by atoms with E-state index < -0.39 is 6.10 Å². The Morgan fingerprint density at radius 2 is 1.70 bits per heavy atom. The number of hydrogen-bond donors (Lipinski definition) is 2. The van der Waals surface area contributed by atoms with Crippen LogP contribution in [-0.4, -0.2) is 63.0 Å². The number of carbonyl (C=O) groups excluding carboxylic acids is 1. The van der Waals surface area contributed by atoms with Gasteiger partial charge in [-0.25, -0.2) is 0 Å². The number of benzene rings is 1. The molecule has 1 aromatic rings. The molecule has 1 amide bonds. The summed E-state index contributed by atoms with van der Waals surface area (Å²) >= 11 is 0. The number of hydrogen-bond acceptors (Lipinski definition) is 5. The highest BCUT2D eigenvalue weighted by molar-refractivity contribution is 5.88. The minimum absolute atomic E-state index is 0.106. The molecular weight excluding hydrogens is 296 g/mol. The van der Waals surface area contributed by atoms with Gasteiger partial charge < -0.3 is 19.9 Å². The Labute approximate surface area is 138 Å². The maximum atomic E-state index is 11.0. The van der Waals surface area contributed by atoms with Crippen molar-refractivity contribution >= 4 is 11.6 Å². The molecule has 1 rings (SSSR count). The normalized spacial score (nSPS) is 12.4. The molecule has 1 unspecified atom stereocenters. The van der Waals surface area contributed by atoms with E-state index in [4.69, 9.17) is 9.47 Å². The molecule has 0 spiro atoms. The Morgan fingerprint density at radius 3 is 2.17 bits per heavy atom. The van der Waals surface area contributed by atoms with Gasteiger partial charge in [0.25, 0.3) is 0 Å². The van der Waals surface area contributed by atoms with E-state index in [0.717, 1.165) is 30.9 Å². The quantitative estimate of drug-likeness (QED) is 0.648. The number of anilines is 1. The summed E-state index contributed by atoms with van der Waals surface area (Å²) in [5.41, 5.74) is 1.58. The Balaban J connectivity index is 2.49. The van der Waals surface area contributed by atoms with Crippen LogP contribution in [0, 0.1) is 0 Å². The molecule has 0 aliphatic rings. The molecule has 1 atom stereocenters. The van der Waals surface area contributed by atoms with Crippen LogP contribution in [0.4, 0.5) is 5.69 Å². The lowest BCUT2D eigenvalue weighted by Gasteiger charge is -2.23. The van der Waals surface area contributed by atoms with Gasteiger partial charge in [0.15, 0.2) is 0 Å². The average Bonchev–Trinajstić information content (AvgIpc) is 2.54. The van der Waals surface area contributed by atoms with Crippen molar-refractivity contribution in [3.05, 3.63) is 29.8 Å². The van der Waals surface area contributed by atoms with Gasteiger partial charge in [-0.1, -0.05) is 12.1 Å². The van der Waals surface area contributed by atoms with E-state index in [0.29, 0.717) is 19.6 Å². The minimum atomic E-state index is -0.533. The van der Waals surface area contributed by atoms with Crippen LogP contribution in [0.3, 0.4) is 0 Å². The first-order valence-corrected chi connectivity index (χ1v) is 7.82. The van der Waals surface area contributed by atoms with Gasteiger partial charge in [-0.15, -0.1) is 0 Å². The van der Waals surface area contributed by atoms with Crippen LogP contribution in [0.15, 0.2) is 24.3 Å². The smallest absolute Gasteiger partial charge is 0.221 e. The fraction of sp³-hybridized carbons (Fsp3) is 0.588. The van der Waals surface area contributed by atoms with Crippen molar-refractivity contribution in [2.45, 2.75) is 19.4 Å². The van der Waals surface area contributed by atoms with Crippen molar-refractivity contribution in [2.75, 3.05) is 52.4 Å². The van der Waals surface area contributed by atoms with E-state index in [1.165, 1.54) is 6.92 Å². The molecule has 0 saturated carbocycles. The second-order valence-electron chi connectivity index (χ2n) is 5.43. The molecule has 130 valence electrons. The van der Waals surface area contributed by atoms with Crippen LogP contribution in [-0.2, 0) is 14.3 Å². The van der Waals surface area contributed by atoms with Crippen LogP contribution >= 0.6 is 0 Å². The van der Waals surface area contributed by atoms with Crippen molar-refractivity contribution < 1.29 is 19.4 Å². The van der Waals surface area contributed by atoms with Crippen molar-refractivity contribution in [3.8, 4) is 0 Å². The number of amides is 1. The number of nitrogens with one attached hydrogen (secondary N) is 1. The molecule has 0 aliphatic heterocycles.